The molecule has 1 amide bonds. The van der Waals surface area contributed by atoms with E-state index in [1.165, 1.54) is 24.4 Å². The molecule has 1 unspecified atom stereocenters. The number of allylic oxidation sites excluding steroid dienone is 1. The maximum atomic E-state index is 12.6. The summed E-state index contributed by atoms with van der Waals surface area (Å²) in [5.41, 5.74) is 9.77. The molecule has 0 spiro atoms. The summed E-state index contributed by atoms with van der Waals surface area (Å²) < 4.78 is 5.37. The third-order valence-electron chi connectivity index (χ3n) is 4.55. The molecule has 1 aliphatic carbocycles. The average molecular weight is 335 g/mol. The second-order valence-corrected chi connectivity index (χ2v) is 5.94. The predicted molar refractivity (Wildman–Crippen MR) is 98.9 cm³/mol. The van der Waals surface area contributed by atoms with E-state index >= 15 is 0 Å². The molecule has 1 atom stereocenters. The molecule has 128 valence electrons. The molecule has 25 heavy (non-hydrogen) atoms. The summed E-state index contributed by atoms with van der Waals surface area (Å²) in [5, 5.41) is 10.5. The van der Waals surface area contributed by atoms with Crippen molar-refractivity contribution in [2.45, 2.75) is 18.9 Å². The van der Waals surface area contributed by atoms with Gasteiger partial charge in [-0.2, -0.15) is 0 Å². The van der Waals surface area contributed by atoms with Crippen molar-refractivity contribution in [3.8, 4) is 5.75 Å². The number of nitrogens with one attached hydrogen (secondary N) is 2. The van der Waals surface area contributed by atoms with Gasteiger partial charge < -0.3 is 21.2 Å². The Kier molecular flexibility index (Phi) is 4.84. The van der Waals surface area contributed by atoms with Crippen LogP contribution in [0.15, 0.2) is 48.7 Å². The lowest BCUT2D eigenvalue weighted by atomic mass is 10.0. The molecule has 0 radical (unpaired) electrons. The fraction of sp³-hybridized carbons (Fsp3) is 0.200. The van der Waals surface area contributed by atoms with Crippen LogP contribution in [0, 0.1) is 5.41 Å². The number of aryl methyl sites for hydroxylation is 1. The maximum absolute atomic E-state index is 12.6. The number of methoxy groups -OCH3 is 1. The molecule has 0 aromatic heterocycles. The van der Waals surface area contributed by atoms with Crippen LogP contribution >= 0.6 is 0 Å². The molecule has 5 heteroatoms. The lowest BCUT2D eigenvalue weighted by molar-refractivity contribution is 0.0936. The molecule has 1 aliphatic rings. The molecule has 0 aliphatic heterocycles. The minimum atomic E-state index is -0.139. The normalized spacial score (nSPS) is 16.2. The van der Waals surface area contributed by atoms with Gasteiger partial charge in [-0.05, 0) is 42.2 Å². The van der Waals surface area contributed by atoms with Gasteiger partial charge >= 0.3 is 0 Å². The van der Waals surface area contributed by atoms with Gasteiger partial charge in [0, 0.05) is 29.1 Å². The number of nitrogens with two attached hydrogens (primary N) is 1. The summed E-state index contributed by atoms with van der Waals surface area (Å²) in [6.45, 7) is 0. The molecule has 0 saturated heterocycles. The fourth-order valence-corrected chi connectivity index (χ4v) is 3.24. The lowest BCUT2D eigenvalue weighted by Crippen LogP contribution is -2.27. The molecular weight excluding hydrogens is 314 g/mol. The number of amides is 1. The van der Waals surface area contributed by atoms with Gasteiger partial charge in [-0.1, -0.05) is 24.3 Å². The van der Waals surface area contributed by atoms with Gasteiger partial charge in [0.05, 0.1) is 13.2 Å². The number of benzene rings is 2. The minimum absolute atomic E-state index is 0.0374. The van der Waals surface area contributed by atoms with Crippen LogP contribution in [0.3, 0.4) is 0 Å². The maximum Gasteiger partial charge on any atom is 0.251 e. The summed E-state index contributed by atoms with van der Waals surface area (Å²) in [6.07, 6.45) is 4.40. The first-order valence-electron chi connectivity index (χ1n) is 8.17. The zero-order valence-electron chi connectivity index (χ0n) is 14.1. The summed E-state index contributed by atoms with van der Waals surface area (Å²) >= 11 is 0. The van der Waals surface area contributed by atoms with Crippen LogP contribution in [-0.2, 0) is 6.42 Å². The Hall–Kier alpha value is -3.08. The number of fused-ring (bicyclic) bond motifs is 1. The Labute approximate surface area is 147 Å². The summed E-state index contributed by atoms with van der Waals surface area (Å²) in [6, 6.07) is 13.4. The number of ether oxygens (including phenoxy) is 1. The van der Waals surface area contributed by atoms with Crippen molar-refractivity contribution in [2.24, 2.45) is 5.73 Å². The van der Waals surface area contributed by atoms with E-state index in [9.17, 15) is 4.79 Å². The Morgan fingerprint density at radius 2 is 2.12 bits per heavy atom. The van der Waals surface area contributed by atoms with Gasteiger partial charge in [0.25, 0.3) is 5.91 Å². The topological polar surface area (TPSA) is 88.2 Å². The van der Waals surface area contributed by atoms with E-state index in [1.807, 2.05) is 12.1 Å². The van der Waals surface area contributed by atoms with Crippen LogP contribution in [0.1, 0.15) is 39.5 Å². The fourth-order valence-electron chi connectivity index (χ4n) is 3.24. The molecule has 0 heterocycles. The van der Waals surface area contributed by atoms with Crippen molar-refractivity contribution in [1.29, 1.82) is 5.41 Å². The van der Waals surface area contributed by atoms with E-state index in [4.69, 9.17) is 15.9 Å². The van der Waals surface area contributed by atoms with Crippen molar-refractivity contribution < 1.29 is 9.53 Å². The first-order valence-corrected chi connectivity index (χ1v) is 8.17. The average Bonchev–Trinajstić information content (AvgIpc) is 3.06. The highest BCUT2D eigenvalue weighted by Crippen LogP contribution is 2.31. The Morgan fingerprint density at radius 1 is 1.32 bits per heavy atom. The van der Waals surface area contributed by atoms with Crippen molar-refractivity contribution in [1.82, 2.24) is 5.32 Å². The van der Waals surface area contributed by atoms with Gasteiger partial charge in [-0.3, -0.25) is 4.79 Å². The highest BCUT2D eigenvalue weighted by atomic mass is 16.5. The lowest BCUT2D eigenvalue weighted by Gasteiger charge is -2.15. The smallest absolute Gasteiger partial charge is 0.251 e. The second kappa shape index (κ2) is 7.21. The van der Waals surface area contributed by atoms with Crippen LogP contribution < -0.4 is 15.8 Å². The van der Waals surface area contributed by atoms with Gasteiger partial charge in [-0.15, -0.1) is 0 Å². The van der Waals surface area contributed by atoms with Crippen LogP contribution in [0.5, 0.6) is 5.75 Å². The Morgan fingerprint density at radius 3 is 2.84 bits per heavy atom. The standard InChI is InChI=1S/C20H21N3O2/c1-25-19-10-14(6-8-17(19)15(11-21)12-22)20(24)23-18-9-7-13-4-2-3-5-16(13)18/h2-6,8,10-12,18,21H,7,9,22H2,1H3,(H,23,24)/b15-12+,21-11?. The zero-order valence-corrected chi connectivity index (χ0v) is 14.1. The number of rotatable bonds is 5. The SMILES string of the molecule is COc1cc(C(=O)NC2CCc3ccccc32)ccc1/C(C=N)=C/N. The summed E-state index contributed by atoms with van der Waals surface area (Å²) in [5.74, 6) is 0.374. The minimum Gasteiger partial charge on any atom is -0.496 e. The highest BCUT2D eigenvalue weighted by molar-refractivity contribution is 6.09. The van der Waals surface area contributed by atoms with E-state index in [1.54, 1.807) is 18.2 Å². The predicted octanol–water partition coefficient (Wildman–Crippen LogP) is 3.06. The van der Waals surface area contributed by atoms with E-state index in [-0.39, 0.29) is 11.9 Å². The molecule has 2 aromatic rings. The van der Waals surface area contributed by atoms with Crippen LogP contribution in [0.25, 0.3) is 5.57 Å². The van der Waals surface area contributed by atoms with Gasteiger partial charge in [-0.25, -0.2) is 0 Å². The van der Waals surface area contributed by atoms with Crippen molar-refractivity contribution in [3.05, 3.63) is 70.9 Å². The molecule has 0 bridgehead atoms. The summed E-state index contributed by atoms with van der Waals surface area (Å²) in [7, 11) is 1.53. The molecule has 2 aromatic carbocycles. The molecule has 5 nitrogen and oxygen atoms in total. The third-order valence-corrected chi connectivity index (χ3v) is 4.55. The second-order valence-electron chi connectivity index (χ2n) is 5.94. The Bertz CT molecular complexity index is 843. The van der Waals surface area contributed by atoms with Crippen LogP contribution in [0.2, 0.25) is 0 Å². The quantitative estimate of drug-likeness (QED) is 0.734. The molecule has 4 N–H and O–H groups in total. The number of carbonyl (C=O) groups excluding carboxylic acids is 1. The van der Waals surface area contributed by atoms with Crippen molar-refractivity contribution in [3.63, 3.8) is 0 Å². The number of carbonyl (C=O) groups is 1. The van der Waals surface area contributed by atoms with E-state index in [2.05, 4.69) is 17.4 Å². The molecule has 0 saturated carbocycles. The molecular formula is C20H21N3O2. The van der Waals surface area contributed by atoms with Gasteiger partial charge in [0.1, 0.15) is 5.75 Å². The largest absolute Gasteiger partial charge is 0.496 e. The van der Waals surface area contributed by atoms with Gasteiger partial charge in [0.15, 0.2) is 0 Å². The van der Waals surface area contributed by atoms with Crippen LogP contribution in [0.4, 0.5) is 0 Å². The first-order chi connectivity index (χ1) is 12.2. The van der Waals surface area contributed by atoms with Gasteiger partial charge in [0.2, 0.25) is 0 Å². The Balaban J connectivity index is 1.83. The van der Waals surface area contributed by atoms with E-state index < -0.39 is 0 Å². The number of hydrogen-bond donors (Lipinski definition) is 3. The third kappa shape index (κ3) is 3.26. The van der Waals surface area contributed by atoms with E-state index in [0.717, 1.165) is 19.1 Å². The van der Waals surface area contributed by atoms with Crippen molar-refractivity contribution >= 4 is 17.7 Å². The first kappa shape index (κ1) is 16.8. The monoisotopic (exact) mass is 335 g/mol. The molecule has 0 fully saturated rings. The van der Waals surface area contributed by atoms with Crippen LogP contribution in [-0.4, -0.2) is 19.2 Å². The highest BCUT2D eigenvalue weighted by Gasteiger charge is 2.24. The zero-order chi connectivity index (χ0) is 17.8. The van der Waals surface area contributed by atoms with E-state index in [0.29, 0.717) is 22.4 Å². The number of hydrogen-bond acceptors (Lipinski definition) is 4. The van der Waals surface area contributed by atoms with Crippen molar-refractivity contribution in [2.75, 3.05) is 7.11 Å². The summed E-state index contributed by atoms with van der Waals surface area (Å²) in [4.78, 5) is 12.6. The molecule has 3 rings (SSSR count).